The van der Waals surface area contributed by atoms with Crippen molar-refractivity contribution in [3.8, 4) is 5.82 Å². The fourth-order valence-electron chi connectivity index (χ4n) is 2.87. The number of fused-ring (bicyclic) bond motifs is 1. The zero-order chi connectivity index (χ0) is 18.8. The van der Waals surface area contributed by atoms with Crippen molar-refractivity contribution in [1.82, 2.24) is 14.3 Å². The van der Waals surface area contributed by atoms with Gasteiger partial charge in [-0.3, -0.25) is 9.48 Å². The minimum atomic E-state index is -0.868. The maximum absolute atomic E-state index is 11.9. The predicted molar refractivity (Wildman–Crippen MR) is 100 cm³/mol. The number of hydrogen-bond acceptors (Lipinski definition) is 4. The molecule has 0 N–H and O–H groups in total. The van der Waals surface area contributed by atoms with Gasteiger partial charge in [0.05, 0.1) is 17.8 Å². The van der Waals surface area contributed by atoms with Crippen LogP contribution in [0.3, 0.4) is 0 Å². The van der Waals surface area contributed by atoms with E-state index in [9.17, 15) is 9.59 Å². The van der Waals surface area contributed by atoms with Gasteiger partial charge < -0.3 is 9.30 Å². The summed E-state index contributed by atoms with van der Waals surface area (Å²) in [6.07, 6.45) is 4.73. The second kappa shape index (κ2) is 7.17. The van der Waals surface area contributed by atoms with Crippen molar-refractivity contribution in [2.75, 3.05) is 6.61 Å². The molecule has 26 heavy (non-hydrogen) atoms. The summed E-state index contributed by atoms with van der Waals surface area (Å²) in [4.78, 5) is 23.4. The van der Waals surface area contributed by atoms with Crippen molar-refractivity contribution >= 4 is 40.3 Å². The van der Waals surface area contributed by atoms with E-state index in [2.05, 4.69) is 5.10 Å². The van der Waals surface area contributed by atoms with Crippen LogP contribution in [-0.4, -0.2) is 32.7 Å². The minimum absolute atomic E-state index is 0.160. The number of hydrogen-bond donors (Lipinski definition) is 0. The van der Waals surface area contributed by atoms with Crippen LogP contribution in [0.15, 0.2) is 36.5 Å². The molecule has 2 aromatic heterocycles. The third kappa shape index (κ3) is 3.28. The van der Waals surface area contributed by atoms with Crippen molar-refractivity contribution in [3.63, 3.8) is 0 Å². The quantitative estimate of drug-likeness (QED) is 0.391. The molecule has 7 heteroatoms. The molecular weight excluding hydrogens is 354 g/mol. The molecule has 0 fully saturated rings. The van der Waals surface area contributed by atoms with Gasteiger partial charge in [0.2, 0.25) is 0 Å². The third-order valence-corrected chi connectivity index (χ3v) is 4.23. The Balaban J connectivity index is 2.06. The molecule has 3 rings (SSSR count). The maximum atomic E-state index is 11.9. The predicted octanol–water partition coefficient (Wildman–Crippen LogP) is 3.47. The summed E-state index contributed by atoms with van der Waals surface area (Å²) in [7, 11) is 1.83. The Labute approximate surface area is 155 Å². The zero-order valence-corrected chi connectivity index (χ0v) is 15.4. The number of ether oxygens (including phenoxy) is 1. The van der Waals surface area contributed by atoms with Gasteiger partial charge in [0.15, 0.2) is 0 Å². The van der Waals surface area contributed by atoms with Crippen LogP contribution in [0.25, 0.3) is 22.8 Å². The lowest BCUT2D eigenvalue weighted by Gasteiger charge is -2.08. The highest BCUT2D eigenvalue weighted by Crippen LogP contribution is 2.27. The van der Waals surface area contributed by atoms with Crippen LogP contribution in [0.5, 0.6) is 0 Å². The van der Waals surface area contributed by atoms with Crippen molar-refractivity contribution in [1.29, 1.82) is 0 Å². The first-order chi connectivity index (χ1) is 12.4. The molecule has 0 aliphatic carbocycles. The first-order valence-corrected chi connectivity index (χ1v) is 8.50. The molecule has 0 spiro atoms. The number of ketones is 1. The number of carbonyl (C=O) groups is 2. The highest BCUT2D eigenvalue weighted by Gasteiger charge is 2.17. The van der Waals surface area contributed by atoms with Crippen molar-refractivity contribution in [3.05, 3.63) is 52.8 Å². The number of nitrogens with zero attached hydrogens (tertiary/aromatic N) is 3. The average Bonchev–Trinajstić information content (AvgIpc) is 3.12. The van der Waals surface area contributed by atoms with E-state index in [1.165, 1.54) is 6.08 Å². The van der Waals surface area contributed by atoms with E-state index in [1.54, 1.807) is 17.7 Å². The summed E-state index contributed by atoms with van der Waals surface area (Å²) in [6, 6.07) is 7.60. The zero-order valence-electron chi connectivity index (χ0n) is 14.7. The second-order valence-corrected chi connectivity index (χ2v) is 6.19. The van der Waals surface area contributed by atoms with Gasteiger partial charge in [-0.05, 0) is 50.3 Å². The molecule has 0 bridgehead atoms. The van der Waals surface area contributed by atoms with E-state index in [-0.39, 0.29) is 6.61 Å². The molecule has 3 aromatic rings. The van der Waals surface area contributed by atoms with Crippen LogP contribution in [0.4, 0.5) is 0 Å². The lowest BCUT2D eigenvalue weighted by molar-refractivity contribution is -0.151. The van der Waals surface area contributed by atoms with Crippen LogP contribution in [0.1, 0.15) is 18.2 Å². The lowest BCUT2D eigenvalue weighted by Crippen LogP contribution is -2.14. The van der Waals surface area contributed by atoms with Gasteiger partial charge in [0.25, 0.3) is 5.78 Å². The summed E-state index contributed by atoms with van der Waals surface area (Å²) < 4.78 is 8.43. The first-order valence-electron chi connectivity index (χ1n) is 8.12. The van der Waals surface area contributed by atoms with Gasteiger partial charge in [-0.2, -0.15) is 5.10 Å². The number of benzene rings is 1. The Hall–Kier alpha value is -2.86. The molecular formula is C19H18ClN3O3. The van der Waals surface area contributed by atoms with E-state index in [4.69, 9.17) is 16.3 Å². The van der Waals surface area contributed by atoms with Crippen molar-refractivity contribution in [2.45, 2.75) is 13.8 Å². The van der Waals surface area contributed by atoms with Gasteiger partial charge in [-0.25, -0.2) is 4.79 Å². The Bertz CT molecular complexity index is 1030. The third-order valence-electron chi connectivity index (χ3n) is 4.00. The van der Waals surface area contributed by atoms with Gasteiger partial charge in [-0.15, -0.1) is 0 Å². The smallest absolute Gasteiger partial charge is 0.379 e. The normalized spacial score (nSPS) is 11.4. The average molecular weight is 372 g/mol. The molecule has 0 atom stereocenters. The maximum Gasteiger partial charge on any atom is 0.379 e. The van der Waals surface area contributed by atoms with Gasteiger partial charge >= 0.3 is 5.97 Å². The van der Waals surface area contributed by atoms with E-state index in [0.29, 0.717) is 5.02 Å². The number of halogens is 1. The van der Waals surface area contributed by atoms with Crippen LogP contribution in [0, 0.1) is 6.92 Å². The molecule has 6 nitrogen and oxygen atoms in total. The summed E-state index contributed by atoms with van der Waals surface area (Å²) >= 11 is 6.06. The summed E-state index contributed by atoms with van der Waals surface area (Å²) in [5.41, 5.74) is 2.45. The van der Waals surface area contributed by atoms with Crippen LogP contribution < -0.4 is 0 Å². The molecule has 0 saturated heterocycles. The van der Waals surface area contributed by atoms with E-state index in [1.807, 2.05) is 49.0 Å². The van der Waals surface area contributed by atoms with E-state index < -0.39 is 11.8 Å². The SMILES string of the molecule is CCOC(=O)C(=O)C=Cc1c(C)nn(C)c1-n1ccc2cc(Cl)ccc21. The molecule has 0 saturated carbocycles. The van der Waals surface area contributed by atoms with Gasteiger partial charge in [0.1, 0.15) is 5.82 Å². The van der Waals surface area contributed by atoms with E-state index in [0.717, 1.165) is 28.0 Å². The van der Waals surface area contributed by atoms with Gasteiger partial charge in [0, 0.05) is 29.2 Å². The monoisotopic (exact) mass is 371 g/mol. The largest absolute Gasteiger partial charge is 0.460 e. The molecule has 0 amide bonds. The molecule has 0 radical (unpaired) electrons. The molecule has 1 aromatic carbocycles. The molecule has 0 unspecified atom stereocenters. The summed E-state index contributed by atoms with van der Waals surface area (Å²) in [6.45, 7) is 3.66. The summed E-state index contributed by atoms with van der Waals surface area (Å²) in [5.74, 6) is -0.786. The van der Waals surface area contributed by atoms with Crippen LogP contribution >= 0.6 is 11.6 Å². The lowest BCUT2D eigenvalue weighted by atomic mass is 10.2. The summed E-state index contributed by atoms with van der Waals surface area (Å²) in [5, 5.41) is 6.10. The van der Waals surface area contributed by atoms with Crippen LogP contribution in [-0.2, 0) is 21.4 Å². The molecule has 134 valence electrons. The Morgan fingerprint density at radius 2 is 2.08 bits per heavy atom. The second-order valence-electron chi connectivity index (χ2n) is 5.75. The standard InChI is InChI=1S/C19H18ClN3O3/c1-4-26-19(25)17(24)8-6-15-12(2)21-22(3)18(15)23-10-9-13-11-14(20)5-7-16(13)23/h5-11H,4H2,1-3H3. The number of carbonyl (C=O) groups excluding carboxylic acids is 2. The Kier molecular flexibility index (Phi) is 4.95. The Morgan fingerprint density at radius 3 is 2.81 bits per heavy atom. The number of rotatable bonds is 5. The highest BCUT2D eigenvalue weighted by molar-refractivity contribution is 6.39. The molecule has 0 aliphatic heterocycles. The fourth-order valence-corrected chi connectivity index (χ4v) is 3.05. The number of aryl methyl sites for hydroxylation is 2. The fraction of sp³-hybridized carbons (Fsp3) is 0.211. The number of aromatic nitrogens is 3. The van der Waals surface area contributed by atoms with E-state index >= 15 is 0 Å². The topological polar surface area (TPSA) is 66.1 Å². The number of esters is 1. The van der Waals surface area contributed by atoms with Crippen molar-refractivity contribution < 1.29 is 14.3 Å². The molecule has 0 aliphatic rings. The van der Waals surface area contributed by atoms with Gasteiger partial charge in [-0.1, -0.05) is 11.6 Å². The van der Waals surface area contributed by atoms with Crippen molar-refractivity contribution in [2.24, 2.45) is 7.05 Å². The highest BCUT2D eigenvalue weighted by atomic mass is 35.5. The molecule has 2 heterocycles. The first kappa shape index (κ1) is 17.9. The minimum Gasteiger partial charge on any atom is -0.460 e. The van der Waals surface area contributed by atoms with Crippen LogP contribution in [0.2, 0.25) is 5.02 Å². The Morgan fingerprint density at radius 1 is 1.31 bits per heavy atom.